The highest BCUT2D eigenvalue weighted by atomic mass is 19.4. The SMILES string of the molecule is Cc1cc(=O)n(-c2ccc(OC(F)(F)F)cc2)cc1C1=NN(C)NN1C. The Balaban J connectivity index is 1.99. The number of benzene rings is 1. The Kier molecular flexibility index (Phi) is 4.36. The van der Waals surface area contributed by atoms with Crippen LogP contribution in [0.4, 0.5) is 13.2 Å². The molecule has 10 heteroatoms. The van der Waals surface area contributed by atoms with Crippen molar-refractivity contribution in [3.8, 4) is 11.4 Å². The number of halogens is 3. The van der Waals surface area contributed by atoms with E-state index in [9.17, 15) is 18.0 Å². The zero-order valence-corrected chi connectivity index (χ0v) is 14.2. The van der Waals surface area contributed by atoms with Gasteiger partial charge in [-0.2, -0.15) is 0 Å². The third-order valence-corrected chi connectivity index (χ3v) is 3.71. The molecule has 3 rings (SSSR count). The van der Waals surface area contributed by atoms with Crippen molar-refractivity contribution in [3.05, 3.63) is 58.0 Å². The van der Waals surface area contributed by atoms with Crippen LogP contribution in [-0.2, 0) is 0 Å². The Bertz CT molecular complexity index is 906. The Morgan fingerprint density at radius 2 is 1.81 bits per heavy atom. The monoisotopic (exact) mass is 367 g/mol. The molecule has 1 N–H and O–H groups in total. The summed E-state index contributed by atoms with van der Waals surface area (Å²) >= 11 is 0. The molecule has 0 saturated heterocycles. The third-order valence-electron chi connectivity index (χ3n) is 3.71. The molecule has 0 radical (unpaired) electrons. The molecule has 7 nitrogen and oxygen atoms in total. The summed E-state index contributed by atoms with van der Waals surface area (Å²) in [6.07, 6.45) is -3.16. The summed E-state index contributed by atoms with van der Waals surface area (Å²) in [7, 11) is 3.51. The van der Waals surface area contributed by atoms with Crippen LogP contribution in [0.5, 0.6) is 5.75 Å². The summed E-state index contributed by atoms with van der Waals surface area (Å²) in [5.74, 6) is 0.253. The molecule has 138 valence electrons. The van der Waals surface area contributed by atoms with Gasteiger partial charge in [0.1, 0.15) is 5.75 Å². The van der Waals surface area contributed by atoms with Crippen LogP contribution in [0.15, 0.2) is 46.4 Å². The molecule has 1 aromatic carbocycles. The van der Waals surface area contributed by atoms with Gasteiger partial charge in [0.25, 0.3) is 5.56 Å². The fourth-order valence-electron chi connectivity index (χ4n) is 2.60. The van der Waals surface area contributed by atoms with Gasteiger partial charge in [-0.25, -0.2) is 5.12 Å². The largest absolute Gasteiger partial charge is 0.573 e. The summed E-state index contributed by atoms with van der Waals surface area (Å²) in [6, 6.07) is 6.52. The molecular weight excluding hydrogens is 351 g/mol. The average Bonchev–Trinajstić information content (AvgIpc) is 2.85. The fraction of sp³-hybridized carbons (Fsp3) is 0.250. The van der Waals surface area contributed by atoms with E-state index in [1.54, 1.807) is 32.2 Å². The molecule has 1 aromatic heterocycles. The number of rotatable bonds is 3. The van der Waals surface area contributed by atoms with E-state index in [0.717, 1.165) is 17.7 Å². The number of nitrogens with one attached hydrogen (secondary N) is 1. The van der Waals surface area contributed by atoms with Gasteiger partial charge in [-0.15, -0.1) is 23.8 Å². The number of hydrogen-bond acceptors (Lipinski definition) is 6. The molecule has 1 aliphatic rings. The molecule has 0 unspecified atom stereocenters. The van der Waals surface area contributed by atoms with Gasteiger partial charge < -0.3 is 4.74 Å². The number of alkyl halides is 3. The van der Waals surface area contributed by atoms with E-state index in [1.807, 2.05) is 0 Å². The molecule has 2 aromatic rings. The van der Waals surface area contributed by atoms with Crippen molar-refractivity contribution in [2.45, 2.75) is 13.3 Å². The predicted octanol–water partition coefficient (Wildman–Crippen LogP) is 2.00. The molecular formula is C16H16F3N5O2. The van der Waals surface area contributed by atoms with Gasteiger partial charge in [0.2, 0.25) is 0 Å². The van der Waals surface area contributed by atoms with E-state index in [1.165, 1.54) is 27.9 Å². The molecule has 0 atom stereocenters. The highest BCUT2D eigenvalue weighted by molar-refractivity contribution is 5.99. The van der Waals surface area contributed by atoms with Crippen molar-refractivity contribution in [1.29, 1.82) is 0 Å². The second-order valence-electron chi connectivity index (χ2n) is 5.73. The van der Waals surface area contributed by atoms with Crippen molar-refractivity contribution in [1.82, 2.24) is 20.2 Å². The minimum atomic E-state index is -4.76. The van der Waals surface area contributed by atoms with Crippen molar-refractivity contribution >= 4 is 5.84 Å². The van der Waals surface area contributed by atoms with Gasteiger partial charge in [0.15, 0.2) is 5.84 Å². The fourth-order valence-corrected chi connectivity index (χ4v) is 2.60. The van der Waals surface area contributed by atoms with Crippen LogP contribution in [0.25, 0.3) is 5.69 Å². The molecule has 0 fully saturated rings. The summed E-state index contributed by atoms with van der Waals surface area (Å²) in [4.78, 5) is 12.3. The minimum Gasteiger partial charge on any atom is -0.406 e. The summed E-state index contributed by atoms with van der Waals surface area (Å²) in [5, 5.41) is 7.54. The third kappa shape index (κ3) is 3.64. The van der Waals surface area contributed by atoms with Gasteiger partial charge in [0, 0.05) is 37.6 Å². The maximum Gasteiger partial charge on any atom is 0.573 e. The standard InChI is InChI=1S/C16H16F3N5O2/c1-10-8-14(25)24(9-13(10)15-20-23(3)21-22(15)2)11-4-6-12(7-5-11)26-16(17,18)19/h4-9,21H,1-3H3. The van der Waals surface area contributed by atoms with E-state index in [2.05, 4.69) is 15.4 Å². The van der Waals surface area contributed by atoms with Crippen LogP contribution < -0.4 is 15.8 Å². The maximum absolute atomic E-state index is 12.3. The van der Waals surface area contributed by atoms with Crippen LogP contribution >= 0.6 is 0 Å². The van der Waals surface area contributed by atoms with Crippen LogP contribution in [0.1, 0.15) is 11.1 Å². The number of nitrogens with zero attached hydrogens (tertiary/aromatic N) is 4. The first-order valence-electron chi connectivity index (χ1n) is 7.56. The second kappa shape index (κ2) is 6.37. The van der Waals surface area contributed by atoms with Crippen LogP contribution in [0.2, 0.25) is 0 Å². The van der Waals surface area contributed by atoms with E-state index < -0.39 is 6.36 Å². The molecule has 0 spiro atoms. The van der Waals surface area contributed by atoms with Gasteiger partial charge in [-0.1, -0.05) is 0 Å². The number of pyridine rings is 1. The lowest BCUT2D eigenvalue weighted by atomic mass is 10.1. The van der Waals surface area contributed by atoms with Crippen LogP contribution in [0.3, 0.4) is 0 Å². The quantitative estimate of drug-likeness (QED) is 0.899. The van der Waals surface area contributed by atoms with E-state index in [0.29, 0.717) is 17.1 Å². The normalized spacial score (nSPS) is 14.6. The first kappa shape index (κ1) is 17.8. The number of aryl methyl sites for hydroxylation is 1. The van der Waals surface area contributed by atoms with E-state index >= 15 is 0 Å². The highest BCUT2D eigenvalue weighted by Crippen LogP contribution is 2.23. The molecule has 0 bridgehead atoms. The molecule has 26 heavy (non-hydrogen) atoms. The molecule has 0 aliphatic carbocycles. The second-order valence-corrected chi connectivity index (χ2v) is 5.73. The Morgan fingerprint density at radius 1 is 1.15 bits per heavy atom. The lowest BCUT2D eigenvalue weighted by molar-refractivity contribution is -0.274. The Hall–Kier alpha value is -3.01. The first-order valence-corrected chi connectivity index (χ1v) is 7.56. The van der Waals surface area contributed by atoms with Crippen molar-refractivity contribution < 1.29 is 17.9 Å². The number of hydrogen-bond donors (Lipinski definition) is 1. The predicted molar refractivity (Wildman–Crippen MR) is 88.7 cm³/mol. The zero-order chi connectivity index (χ0) is 19.1. The molecule has 2 heterocycles. The topological polar surface area (TPSA) is 62.1 Å². The number of hydrazone groups is 1. The minimum absolute atomic E-state index is 0.307. The smallest absolute Gasteiger partial charge is 0.406 e. The van der Waals surface area contributed by atoms with Crippen molar-refractivity contribution in [3.63, 3.8) is 0 Å². The van der Waals surface area contributed by atoms with E-state index in [-0.39, 0.29) is 11.3 Å². The Labute approximate surface area is 146 Å². The maximum atomic E-state index is 12.3. The summed E-state index contributed by atoms with van der Waals surface area (Å²) in [6.45, 7) is 1.79. The van der Waals surface area contributed by atoms with Gasteiger partial charge in [-0.3, -0.25) is 14.4 Å². The summed E-state index contributed by atoms with van der Waals surface area (Å²) in [5.41, 5.74) is 4.49. The lowest BCUT2D eigenvalue weighted by Gasteiger charge is -2.17. The van der Waals surface area contributed by atoms with Crippen LogP contribution in [0, 0.1) is 6.92 Å². The van der Waals surface area contributed by atoms with Gasteiger partial charge >= 0.3 is 6.36 Å². The molecule has 0 saturated carbocycles. The number of amidine groups is 1. The van der Waals surface area contributed by atoms with Crippen molar-refractivity contribution in [2.75, 3.05) is 14.1 Å². The zero-order valence-electron chi connectivity index (χ0n) is 14.2. The first-order chi connectivity index (χ1) is 12.1. The Morgan fingerprint density at radius 3 is 2.35 bits per heavy atom. The number of ether oxygens (including phenoxy) is 1. The number of hydrazine groups is 2. The average molecular weight is 367 g/mol. The van der Waals surface area contributed by atoms with Gasteiger partial charge in [0.05, 0.1) is 0 Å². The lowest BCUT2D eigenvalue weighted by Crippen LogP contribution is -2.39. The number of aromatic nitrogens is 1. The van der Waals surface area contributed by atoms with E-state index in [4.69, 9.17) is 0 Å². The van der Waals surface area contributed by atoms with Gasteiger partial charge in [-0.05, 0) is 36.8 Å². The highest BCUT2D eigenvalue weighted by Gasteiger charge is 2.31. The molecule has 1 aliphatic heterocycles. The summed E-state index contributed by atoms with van der Waals surface area (Å²) < 4.78 is 42.0. The van der Waals surface area contributed by atoms with Crippen LogP contribution in [-0.4, -0.2) is 41.0 Å². The van der Waals surface area contributed by atoms with Crippen molar-refractivity contribution in [2.24, 2.45) is 5.10 Å². The molecule has 0 amide bonds.